The molecule has 3 aromatic rings. The molecule has 4 nitrogen and oxygen atoms in total. The Morgan fingerprint density at radius 1 is 1.27 bits per heavy atom. The molecule has 1 N–H and O–H groups in total. The number of thiazole rings is 1. The molecule has 0 radical (unpaired) electrons. The highest BCUT2D eigenvalue weighted by molar-refractivity contribution is 9.10. The van der Waals surface area contributed by atoms with Gasteiger partial charge in [0.05, 0.1) is 10.2 Å². The predicted octanol–water partition coefficient (Wildman–Crippen LogP) is 4.73. The Labute approximate surface area is 144 Å². The first-order valence-electron chi connectivity index (χ1n) is 6.35. The summed E-state index contributed by atoms with van der Waals surface area (Å²) in [5.41, 5.74) is 0.835. The molecule has 0 saturated heterocycles. The van der Waals surface area contributed by atoms with Gasteiger partial charge in [-0.05, 0) is 52.3 Å². The van der Waals surface area contributed by atoms with Gasteiger partial charge in [-0.2, -0.15) is 0 Å². The molecule has 1 heterocycles. The SMILES string of the molecule is O=C(COc1ccc(Cl)cc1)Nc1nc2c(Br)cccc2s1. The molecule has 0 aliphatic rings. The van der Waals surface area contributed by atoms with Gasteiger partial charge in [0.1, 0.15) is 5.75 Å². The predicted molar refractivity (Wildman–Crippen MR) is 92.9 cm³/mol. The smallest absolute Gasteiger partial charge is 0.264 e. The van der Waals surface area contributed by atoms with Gasteiger partial charge in [-0.3, -0.25) is 10.1 Å². The number of aromatic nitrogens is 1. The van der Waals surface area contributed by atoms with Crippen molar-refractivity contribution in [3.05, 3.63) is 52.0 Å². The van der Waals surface area contributed by atoms with Gasteiger partial charge in [0, 0.05) is 9.50 Å². The highest BCUT2D eigenvalue weighted by Gasteiger charge is 2.10. The van der Waals surface area contributed by atoms with Crippen LogP contribution in [0.1, 0.15) is 0 Å². The van der Waals surface area contributed by atoms with Crippen molar-refractivity contribution in [2.75, 3.05) is 11.9 Å². The highest BCUT2D eigenvalue weighted by atomic mass is 79.9. The van der Waals surface area contributed by atoms with Crippen molar-refractivity contribution in [3.8, 4) is 5.75 Å². The third kappa shape index (κ3) is 3.58. The molecule has 7 heteroatoms. The molecule has 0 saturated carbocycles. The van der Waals surface area contributed by atoms with Crippen LogP contribution in [0.15, 0.2) is 46.9 Å². The zero-order valence-electron chi connectivity index (χ0n) is 11.2. The topological polar surface area (TPSA) is 51.2 Å². The van der Waals surface area contributed by atoms with Gasteiger partial charge in [-0.1, -0.05) is 29.0 Å². The maximum atomic E-state index is 11.9. The third-order valence-corrected chi connectivity index (χ3v) is 4.63. The minimum Gasteiger partial charge on any atom is -0.484 e. The number of fused-ring (bicyclic) bond motifs is 1. The van der Waals surface area contributed by atoms with Crippen LogP contribution in [-0.4, -0.2) is 17.5 Å². The number of rotatable bonds is 4. The lowest BCUT2D eigenvalue weighted by Gasteiger charge is -2.05. The summed E-state index contributed by atoms with van der Waals surface area (Å²) >= 11 is 10.6. The molecule has 0 fully saturated rings. The fourth-order valence-electron chi connectivity index (χ4n) is 1.80. The zero-order chi connectivity index (χ0) is 15.5. The first-order valence-corrected chi connectivity index (χ1v) is 8.34. The second-order valence-corrected chi connectivity index (χ2v) is 6.72. The average molecular weight is 398 g/mol. The van der Waals surface area contributed by atoms with Gasteiger partial charge in [0.15, 0.2) is 11.7 Å². The Kier molecular flexibility index (Phi) is 4.61. The van der Waals surface area contributed by atoms with Crippen LogP contribution in [0.25, 0.3) is 10.2 Å². The van der Waals surface area contributed by atoms with Gasteiger partial charge in [0.25, 0.3) is 5.91 Å². The molecule has 1 aromatic heterocycles. The quantitative estimate of drug-likeness (QED) is 0.692. The van der Waals surface area contributed by atoms with Crippen molar-refractivity contribution < 1.29 is 9.53 Å². The van der Waals surface area contributed by atoms with Gasteiger partial charge < -0.3 is 4.74 Å². The van der Waals surface area contributed by atoms with Gasteiger partial charge in [-0.15, -0.1) is 0 Å². The number of nitrogens with one attached hydrogen (secondary N) is 1. The number of nitrogens with zero attached hydrogens (tertiary/aromatic N) is 1. The van der Waals surface area contributed by atoms with E-state index >= 15 is 0 Å². The lowest BCUT2D eigenvalue weighted by atomic mass is 10.3. The Morgan fingerprint density at radius 2 is 2.05 bits per heavy atom. The molecule has 2 aromatic carbocycles. The summed E-state index contributed by atoms with van der Waals surface area (Å²) in [4.78, 5) is 16.3. The minimum absolute atomic E-state index is 0.0846. The lowest BCUT2D eigenvalue weighted by Crippen LogP contribution is -2.19. The van der Waals surface area contributed by atoms with E-state index in [-0.39, 0.29) is 12.5 Å². The van der Waals surface area contributed by atoms with E-state index in [0.29, 0.717) is 15.9 Å². The first kappa shape index (κ1) is 15.3. The molecule has 0 atom stereocenters. The summed E-state index contributed by atoms with van der Waals surface area (Å²) < 4.78 is 7.29. The molecule has 3 rings (SSSR count). The second-order valence-electron chi connectivity index (χ2n) is 4.40. The van der Waals surface area contributed by atoms with E-state index in [1.54, 1.807) is 24.3 Å². The third-order valence-electron chi connectivity index (χ3n) is 2.80. The molecule has 112 valence electrons. The number of hydrogen-bond acceptors (Lipinski definition) is 4. The van der Waals surface area contributed by atoms with Crippen LogP contribution in [0.3, 0.4) is 0 Å². The number of halogens is 2. The summed E-state index contributed by atoms with van der Waals surface area (Å²) in [5, 5.41) is 3.91. The maximum Gasteiger partial charge on any atom is 0.264 e. The molecule has 0 aliphatic carbocycles. The monoisotopic (exact) mass is 396 g/mol. The summed E-state index contributed by atoms with van der Waals surface area (Å²) in [6.07, 6.45) is 0. The van der Waals surface area contributed by atoms with Crippen LogP contribution >= 0.6 is 38.9 Å². The first-order chi connectivity index (χ1) is 10.6. The van der Waals surface area contributed by atoms with Crippen molar-refractivity contribution >= 4 is 60.1 Å². The number of hydrogen-bond donors (Lipinski definition) is 1. The minimum atomic E-state index is -0.259. The fraction of sp³-hybridized carbons (Fsp3) is 0.0667. The molecule has 0 aliphatic heterocycles. The van der Waals surface area contributed by atoms with Crippen LogP contribution in [0.2, 0.25) is 5.02 Å². The van der Waals surface area contributed by atoms with E-state index in [4.69, 9.17) is 16.3 Å². The van der Waals surface area contributed by atoms with Crippen LogP contribution in [0.5, 0.6) is 5.75 Å². The largest absolute Gasteiger partial charge is 0.484 e. The van der Waals surface area contributed by atoms with E-state index in [2.05, 4.69) is 26.2 Å². The summed E-state index contributed by atoms with van der Waals surface area (Å²) in [5.74, 6) is 0.330. The Morgan fingerprint density at radius 3 is 2.77 bits per heavy atom. The molecule has 0 spiro atoms. The van der Waals surface area contributed by atoms with E-state index in [1.807, 2.05) is 18.2 Å². The average Bonchev–Trinajstić information content (AvgIpc) is 2.90. The Balaban J connectivity index is 1.63. The van der Waals surface area contributed by atoms with Crippen molar-refractivity contribution in [1.82, 2.24) is 4.98 Å². The van der Waals surface area contributed by atoms with Crippen LogP contribution < -0.4 is 10.1 Å². The van der Waals surface area contributed by atoms with Crippen molar-refractivity contribution in [3.63, 3.8) is 0 Å². The van der Waals surface area contributed by atoms with E-state index < -0.39 is 0 Å². The van der Waals surface area contributed by atoms with E-state index in [9.17, 15) is 4.79 Å². The number of ether oxygens (including phenoxy) is 1. The van der Waals surface area contributed by atoms with Crippen LogP contribution in [0.4, 0.5) is 5.13 Å². The molecular weight excluding hydrogens is 388 g/mol. The van der Waals surface area contributed by atoms with E-state index in [0.717, 1.165) is 14.7 Å². The fourth-order valence-corrected chi connectivity index (χ4v) is 3.42. The van der Waals surface area contributed by atoms with Crippen LogP contribution in [-0.2, 0) is 4.79 Å². The zero-order valence-corrected chi connectivity index (χ0v) is 14.3. The number of carbonyl (C=O) groups is 1. The number of para-hydroxylation sites is 1. The second kappa shape index (κ2) is 6.64. The van der Waals surface area contributed by atoms with Crippen molar-refractivity contribution in [1.29, 1.82) is 0 Å². The van der Waals surface area contributed by atoms with Crippen molar-refractivity contribution in [2.45, 2.75) is 0 Å². The maximum absolute atomic E-state index is 11.9. The molecule has 0 bridgehead atoms. The molecular formula is C15H10BrClN2O2S. The number of carbonyl (C=O) groups excluding carboxylic acids is 1. The number of benzene rings is 2. The van der Waals surface area contributed by atoms with E-state index in [1.165, 1.54) is 11.3 Å². The van der Waals surface area contributed by atoms with Gasteiger partial charge >= 0.3 is 0 Å². The summed E-state index contributed by atoms with van der Waals surface area (Å²) in [6.45, 7) is -0.0846. The molecule has 22 heavy (non-hydrogen) atoms. The normalized spacial score (nSPS) is 10.6. The lowest BCUT2D eigenvalue weighted by molar-refractivity contribution is -0.118. The standard InChI is InChI=1S/C15H10BrClN2O2S/c16-11-2-1-3-12-14(11)19-15(22-12)18-13(20)8-21-10-6-4-9(17)5-7-10/h1-7H,8H2,(H,18,19,20). The number of anilines is 1. The summed E-state index contributed by atoms with van der Waals surface area (Å²) in [7, 11) is 0. The van der Waals surface area contributed by atoms with Crippen LogP contribution in [0, 0.1) is 0 Å². The molecule has 1 amide bonds. The Bertz CT molecular complexity index is 820. The summed E-state index contributed by atoms with van der Waals surface area (Å²) in [6, 6.07) is 12.6. The van der Waals surface area contributed by atoms with Gasteiger partial charge in [0.2, 0.25) is 0 Å². The Hall–Kier alpha value is -1.63. The number of amides is 1. The van der Waals surface area contributed by atoms with Crippen molar-refractivity contribution in [2.24, 2.45) is 0 Å². The highest BCUT2D eigenvalue weighted by Crippen LogP contribution is 2.30. The van der Waals surface area contributed by atoms with Gasteiger partial charge in [-0.25, -0.2) is 4.98 Å². The molecule has 0 unspecified atom stereocenters.